The lowest BCUT2D eigenvalue weighted by Gasteiger charge is -2.35. The molecule has 23 heavy (non-hydrogen) atoms. The normalized spacial score (nSPS) is 18.0. The minimum atomic E-state index is -0.0832. The summed E-state index contributed by atoms with van der Waals surface area (Å²) in [5.74, 6) is 2.66. The average Bonchev–Trinajstić information content (AvgIpc) is 2.59. The molecule has 0 saturated carbocycles. The van der Waals surface area contributed by atoms with Crippen LogP contribution in [-0.4, -0.2) is 58.2 Å². The molecule has 0 aromatic heterocycles. The third kappa shape index (κ3) is 3.84. The molecule has 1 atom stereocenters. The Morgan fingerprint density at radius 1 is 1.13 bits per heavy atom. The van der Waals surface area contributed by atoms with E-state index >= 15 is 0 Å². The van der Waals surface area contributed by atoms with E-state index in [-0.39, 0.29) is 11.3 Å². The summed E-state index contributed by atoms with van der Waals surface area (Å²) in [6.07, 6.45) is 0.551. The number of hydrogen-bond acceptors (Lipinski definition) is 6. The highest BCUT2D eigenvalue weighted by Crippen LogP contribution is 2.44. The molecule has 1 amide bonds. The minimum Gasteiger partial charge on any atom is -0.493 e. The van der Waals surface area contributed by atoms with Gasteiger partial charge in [0.1, 0.15) is 5.37 Å². The molecule has 1 fully saturated rings. The van der Waals surface area contributed by atoms with Gasteiger partial charge in [0.25, 0.3) is 0 Å². The van der Waals surface area contributed by atoms with Crippen molar-refractivity contribution in [3.63, 3.8) is 0 Å². The number of benzene rings is 1. The monoisotopic (exact) mass is 341 g/mol. The van der Waals surface area contributed by atoms with Crippen LogP contribution in [0.15, 0.2) is 12.1 Å². The van der Waals surface area contributed by atoms with Crippen molar-refractivity contribution in [1.82, 2.24) is 4.90 Å². The predicted octanol–water partition coefficient (Wildman–Crippen LogP) is 2.32. The maximum absolute atomic E-state index is 12.3. The molecule has 6 nitrogen and oxygen atoms in total. The number of hydrogen-bond donors (Lipinski definition) is 0. The molecule has 2 rings (SSSR count). The molecule has 1 aliphatic heterocycles. The maximum Gasteiger partial charge on any atom is 0.224 e. The van der Waals surface area contributed by atoms with Crippen molar-refractivity contribution in [2.75, 3.05) is 47.3 Å². The second kappa shape index (κ2) is 8.31. The SMILES string of the molecule is COCCN1C(=O)CCSC1c1cc(OC)c(OC)c(OC)c1. The largest absolute Gasteiger partial charge is 0.493 e. The van der Waals surface area contributed by atoms with Crippen LogP contribution in [0.2, 0.25) is 0 Å². The molecule has 0 radical (unpaired) electrons. The molecule has 0 spiro atoms. The fraction of sp³-hybridized carbons (Fsp3) is 0.562. The van der Waals surface area contributed by atoms with Gasteiger partial charge in [0, 0.05) is 25.8 Å². The molecule has 1 aliphatic rings. The van der Waals surface area contributed by atoms with Crippen LogP contribution in [0.1, 0.15) is 17.4 Å². The summed E-state index contributed by atoms with van der Waals surface area (Å²) >= 11 is 1.73. The van der Waals surface area contributed by atoms with Gasteiger partial charge < -0.3 is 23.8 Å². The summed E-state index contributed by atoms with van der Waals surface area (Å²) in [6.45, 7) is 1.07. The molecule has 1 unspecified atom stereocenters. The first kappa shape index (κ1) is 17.7. The van der Waals surface area contributed by atoms with Crippen molar-refractivity contribution in [2.45, 2.75) is 11.8 Å². The van der Waals surface area contributed by atoms with E-state index < -0.39 is 0 Å². The third-order valence-corrected chi connectivity index (χ3v) is 4.99. The van der Waals surface area contributed by atoms with Gasteiger partial charge in [0.05, 0.1) is 27.9 Å². The highest BCUT2D eigenvalue weighted by Gasteiger charge is 2.31. The molecule has 1 saturated heterocycles. The molecule has 1 heterocycles. The summed E-state index contributed by atoms with van der Waals surface area (Å²) < 4.78 is 21.3. The lowest BCUT2D eigenvalue weighted by Crippen LogP contribution is -2.39. The molecule has 0 bridgehead atoms. The lowest BCUT2D eigenvalue weighted by atomic mass is 10.1. The molecule has 0 N–H and O–H groups in total. The number of nitrogens with zero attached hydrogens (tertiary/aromatic N) is 1. The third-order valence-electron chi connectivity index (χ3n) is 3.70. The Hall–Kier alpha value is -1.60. The van der Waals surface area contributed by atoms with E-state index in [0.717, 1.165) is 11.3 Å². The van der Waals surface area contributed by atoms with Crippen LogP contribution < -0.4 is 14.2 Å². The molecule has 128 valence electrons. The predicted molar refractivity (Wildman–Crippen MR) is 89.5 cm³/mol. The Morgan fingerprint density at radius 2 is 1.78 bits per heavy atom. The van der Waals surface area contributed by atoms with Gasteiger partial charge in [-0.2, -0.15) is 0 Å². The number of methoxy groups -OCH3 is 4. The Bertz CT molecular complexity index is 526. The minimum absolute atomic E-state index is 0.0832. The number of carbonyl (C=O) groups is 1. The van der Waals surface area contributed by atoms with Gasteiger partial charge in [-0.3, -0.25) is 4.79 Å². The van der Waals surface area contributed by atoms with Crippen molar-refractivity contribution in [3.05, 3.63) is 17.7 Å². The smallest absolute Gasteiger partial charge is 0.224 e. The van der Waals surface area contributed by atoms with Crippen LogP contribution in [0.25, 0.3) is 0 Å². The number of rotatable bonds is 7. The van der Waals surface area contributed by atoms with E-state index in [1.807, 2.05) is 17.0 Å². The summed E-state index contributed by atoms with van der Waals surface area (Å²) in [7, 11) is 6.38. The molecule has 1 aromatic rings. The van der Waals surface area contributed by atoms with Crippen LogP contribution in [-0.2, 0) is 9.53 Å². The van der Waals surface area contributed by atoms with Gasteiger partial charge in [-0.1, -0.05) is 0 Å². The zero-order chi connectivity index (χ0) is 16.8. The van der Waals surface area contributed by atoms with Crippen molar-refractivity contribution < 1.29 is 23.7 Å². The molecule has 7 heteroatoms. The Morgan fingerprint density at radius 3 is 2.30 bits per heavy atom. The van der Waals surface area contributed by atoms with Crippen LogP contribution in [0, 0.1) is 0 Å². The van der Waals surface area contributed by atoms with Gasteiger partial charge >= 0.3 is 0 Å². The van der Waals surface area contributed by atoms with Gasteiger partial charge in [-0.25, -0.2) is 0 Å². The van der Waals surface area contributed by atoms with Gasteiger partial charge in [0.15, 0.2) is 11.5 Å². The lowest BCUT2D eigenvalue weighted by molar-refractivity contribution is -0.132. The van der Waals surface area contributed by atoms with Gasteiger partial charge in [-0.15, -0.1) is 11.8 Å². The summed E-state index contributed by atoms with van der Waals surface area (Å²) in [5.41, 5.74) is 0.952. The Labute approximate surface area is 141 Å². The topological polar surface area (TPSA) is 57.2 Å². The van der Waals surface area contributed by atoms with Crippen LogP contribution in [0.4, 0.5) is 0 Å². The molecular weight excluding hydrogens is 318 g/mol. The van der Waals surface area contributed by atoms with Crippen LogP contribution >= 0.6 is 11.8 Å². The van der Waals surface area contributed by atoms with E-state index in [1.165, 1.54) is 0 Å². The highest BCUT2D eigenvalue weighted by atomic mass is 32.2. The average molecular weight is 341 g/mol. The number of amides is 1. The summed E-state index contributed by atoms with van der Waals surface area (Å²) in [6, 6.07) is 3.80. The Balaban J connectivity index is 2.39. The molecule has 1 aromatic carbocycles. The number of carbonyl (C=O) groups excluding carboxylic acids is 1. The number of ether oxygens (including phenoxy) is 4. The second-order valence-electron chi connectivity index (χ2n) is 5.01. The second-order valence-corrected chi connectivity index (χ2v) is 6.20. The van der Waals surface area contributed by atoms with Crippen molar-refractivity contribution >= 4 is 17.7 Å². The van der Waals surface area contributed by atoms with Crippen molar-refractivity contribution in [3.8, 4) is 17.2 Å². The van der Waals surface area contributed by atoms with E-state index in [1.54, 1.807) is 40.2 Å². The number of thioether (sulfide) groups is 1. The summed E-state index contributed by atoms with van der Waals surface area (Å²) in [4.78, 5) is 14.1. The fourth-order valence-electron chi connectivity index (χ4n) is 2.57. The van der Waals surface area contributed by atoms with Crippen LogP contribution in [0.3, 0.4) is 0 Å². The highest BCUT2D eigenvalue weighted by molar-refractivity contribution is 7.99. The first-order valence-electron chi connectivity index (χ1n) is 7.36. The van der Waals surface area contributed by atoms with Gasteiger partial charge in [0.2, 0.25) is 11.7 Å². The first-order valence-corrected chi connectivity index (χ1v) is 8.41. The zero-order valence-corrected chi connectivity index (χ0v) is 14.8. The van der Waals surface area contributed by atoms with Crippen molar-refractivity contribution in [2.24, 2.45) is 0 Å². The standard InChI is InChI=1S/C16H23NO5S/c1-19-7-6-17-14(18)5-8-23-16(17)11-9-12(20-2)15(22-4)13(10-11)21-3/h9-10,16H,5-8H2,1-4H3. The molecule has 0 aliphatic carbocycles. The van der Waals surface area contributed by atoms with E-state index in [2.05, 4.69) is 0 Å². The maximum atomic E-state index is 12.3. The van der Waals surface area contributed by atoms with E-state index in [9.17, 15) is 4.79 Å². The zero-order valence-electron chi connectivity index (χ0n) is 14.0. The van der Waals surface area contributed by atoms with Gasteiger partial charge in [-0.05, 0) is 17.7 Å². The molecular formula is C16H23NO5S. The van der Waals surface area contributed by atoms with E-state index in [4.69, 9.17) is 18.9 Å². The Kier molecular flexibility index (Phi) is 6.41. The van der Waals surface area contributed by atoms with E-state index in [0.29, 0.717) is 36.8 Å². The summed E-state index contributed by atoms with van der Waals surface area (Å²) in [5, 5.41) is -0.0832. The quantitative estimate of drug-likeness (QED) is 0.759. The fourth-order valence-corrected chi connectivity index (χ4v) is 3.82. The van der Waals surface area contributed by atoms with Crippen LogP contribution in [0.5, 0.6) is 17.2 Å². The first-order chi connectivity index (χ1) is 11.2. The van der Waals surface area contributed by atoms with Crippen molar-refractivity contribution in [1.29, 1.82) is 0 Å².